The number of amides is 2. The third kappa shape index (κ3) is 3.42. The summed E-state index contributed by atoms with van der Waals surface area (Å²) in [7, 11) is 0. The second-order valence-corrected chi connectivity index (χ2v) is 4.49. The number of carbonyl (C=O) groups excluding carboxylic acids is 1. The van der Waals surface area contributed by atoms with Crippen molar-refractivity contribution in [1.29, 1.82) is 0 Å². The van der Waals surface area contributed by atoms with Crippen molar-refractivity contribution in [1.82, 2.24) is 10.3 Å². The molecule has 1 aromatic heterocycles. The summed E-state index contributed by atoms with van der Waals surface area (Å²) in [6.45, 7) is 1.43. The third-order valence-electron chi connectivity index (χ3n) is 2.96. The van der Waals surface area contributed by atoms with Crippen LogP contribution < -0.4 is 20.1 Å². The highest BCUT2D eigenvalue weighted by Gasteiger charge is 2.12. The summed E-state index contributed by atoms with van der Waals surface area (Å²) in [6, 6.07) is 10.6. The van der Waals surface area contributed by atoms with E-state index in [1.165, 1.54) is 0 Å². The Balaban J connectivity index is 1.57. The number of benzene rings is 1. The largest absolute Gasteiger partial charge is 0.486 e. The highest BCUT2D eigenvalue weighted by molar-refractivity contribution is 5.89. The zero-order valence-corrected chi connectivity index (χ0v) is 11.3. The molecular weight excluding hydrogens is 270 g/mol. The van der Waals surface area contributed by atoms with Gasteiger partial charge in [0.1, 0.15) is 13.2 Å². The maximum absolute atomic E-state index is 11.8. The smallest absolute Gasteiger partial charge is 0.319 e. The SMILES string of the molecule is O=C(NCc1ccccn1)Nc1ccc2c(c1)OCCO2. The van der Waals surface area contributed by atoms with E-state index in [1.807, 2.05) is 18.2 Å². The van der Waals surface area contributed by atoms with Gasteiger partial charge in [-0.2, -0.15) is 0 Å². The van der Waals surface area contributed by atoms with Crippen molar-refractivity contribution in [3.05, 3.63) is 48.3 Å². The average molecular weight is 285 g/mol. The molecule has 21 heavy (non-hydrogen) atoms. The number of anilines is 1. The fourth-order valence-electron chi connectivity index (χ4n) is 1.97. The average Bonchev–Trinajstić information content (AvgIpc) is 2.54. The van der Waals surface area contributed by atoms with E-state index < -0.39 is 0 Å². The molecule has 1 aliphatic rings. The van der Waals surface area contributed by atoms with Crippen molar-refractivity contribution < 1.29 is 14.3 Å². The first-order chi connectivity index (χ1) is 10.3. The van der Waals surface area contributed by atoms with Crippen molar-refractivity contribution in [2.75, 3.05) is 18.5 Å². The van der Waals surface area contributed by atoms with E-state index >= 15 is 0 Å². The Bertz CT molecular complexity index is 631. The predicted molar refractivity (Wildman–Crippen MR) is 77.5 cm³/mol. The molecule has 0 saturated heterocycles. The van der Waals surface area contributed by atoms with Gasteiger partial charge in [0.2, 0.25) is 0 Å². The zero-order chi connectivity index (χ0) is 14.5. The molecule has 0 spiro atoms. The lowest BCUT2D eigenvalue weighted by atomic mass is 10.2. The second-order valence-electron chi connectivity index (χ2n) is 4.49. The first kappa shape index (κ1) is 13.2. The molecule has 2 aromatic rings. The predicted octanol–water partition coefficient (Wildman–Crippen LogP) is 2.17. The molecular formula is C15H15N3O3. The van der Waals surface area contributed by atoms with Crippen LogP contribution in [0, 0.1) is 0 Å². The lowest BCUT2D eigenvalue weighted by Gasteiger charge is -2.19. The Morgan fingerprint density at radius 2 is 2.00 bits per heavy atom. The standard InChI is InChI=1S/C15H15N3O3/c19-15(17-10-12-3-1-2-6-16-12)18-11-4-5-13-14(9-11)21-8-7-20-13/h1-6,9H,7-8,10H2,(H2,17,18,19). The van der Waals surface area contributed by atoms with Crippen molar-refractivity contribution in [2.45, 2.75) is 6.54 Å². The zero-order valence-electron chi connectivity index (χ0n) is 11.3. The van der Waals surface area contributed by atoms with E-state index in [2.05, 4.69) is 15.6 Å². The van der Waals surface area contributed by atoms with Gasteiger partial charge < -0.3 is 20.1 Å². The molecule has 0 fully saturated rings. The quantitative estimate of drug-likeness (QED) is 0.906. The van der Waals surface area contributed by atoms with Gasteiger partial charge >= 0.3 is 6.03 Å². The van der Waals surface area contributed by atoms with Gasteiger partial charge in [0.05, 0.1) is 12.2 Å². The van der Waals surface area contributed by atoms with E-state index in [4.69, 9.17) is 9.47 Å². The Hall–Kier alpha value is -2.76. The van der Waals surface area contributed by atoms with E-state index in [1.54, 1.807) is 24.4 Å². The van der Waals surface area contributed by atoms with E-state index in [9.17, 15) is 4.79 Å². The minimum Gasteiger partial charge on any atom is -0.486 e. The molecule has 1 aromatic carbocycles. The Labute approximate surface area is 122 Å². The number of pyridine rings is 1. The number of hydrogen-bond acceptors (Lipinski definition) is 4. The molecule has 0 aliphatic carbocycles. The maximum atomic E-state index is 11.8. The highest BCUT2D eigenvalue weighted by Crippen LogP contribution is 2.32. The molecule has 2 N–H and O–H groups in total. The number of aromatic nitrogens is 1. The van der Waals surface area contributed by atoms with Crippen LogP contribution >= 0.6 is 0 Å². The van der Waals surface area contributed by atoms with E-state index in [0.717, 1.165) is 5.69 Å². The van der Waals surface area contributed by atoms with Gasteiger partial charge in [-0.3, -0.25) is 4.98 Å². The van der Waals surface area contributed by atoms with E-state index in [-0.39, 0.29) is 6.03 Å². The van der Waals surface area contributed by atoms with Crippen molar-refractivity contribution >= 4 is 11.7 Å². The Morgan fingerprint density at radius 3 is 2.81 bits per heavy atom. The number of fused-ring (bicyclic) bond motifs is 1. The van der Waals surface area contributed by atoms with Crippen molar-refractivity contribution in [3.8, 4) is 11.5 Å². The summed E-state index contributed by atoms with van der Waals surface area (Å²) in [5.41, 5.74) is 1.45. The summed E-state index contributed by atoms with van der Waals surface area (Å²) in [5.74, 6) is 1.34. The van der Waals surface area contributed by atoms with Gasteiger partial charge in [-0.15, -0.1) is 0 Å². The molecule has 2 amide bonds. The molecule has 0 atom stereocenters. The number of rotatable bonds is 3. The van der Waals surface area contributed by atoms with Crippen LogP contribution in [0.2, 0.25) is 0 Å². The number of nitrogens with zero attached hydrogens (tertiary/aromatic N) is 1. The fraction of sp³-hybridized carbons (Fsp3) is 0.200. The van der Waals surface area contributed by atoms with Crippen molar-refractivity contribution in [2.24, 2.45) is 0 Å². The molecule has 0 radical (unpaired) electrons. The molecule has 6 nitrogen and oxygen atoms in total. The highest BCUT2D eigenvalue weighted by atomic mass is 16.6. The van der Waals surface area contributed by atoms with Crippen LogP contribution in [-0.2, 0) is 6.54 Å². The minimum atomic E-state index is -0.294. The van der Waals surface area contributed by atoms with Gasteiger partial charge in [0.15, 0.2) is 11.5 Å². The first-order valence-corrected chi connectivity index (χ1v) is 6.66. The Kier molecular flexibility index (Phi) is 3.86. The van der Waals surface area contributed by atoms with Crippen LogP contribution in [-0.4, -0.2) is 24.2 Å². The maximum Gasteiger partial charge on any atom is 0.319 e. The molecule has 0 unspecified atom stereocenters. The lowest BCUT2D eigenvalue weighted by Crippen LogP contribution is -2.28. The molecule has 0 bridgehead atoms. The van der Waals surface area contributed by atoms with Gasteiger partial charge in [0, 0.05) is 18.0 Å². The fourth-order valence-corrected chi connectivity index (χ4v) is 1.97. The van der Waals surface area contributed by atoms with Crippen LogP contribution in [0.4, 0.5) is 10.5 Å². The number of nitrogens with one attached hydrogen (secondary N) is 2. The monoisotopic (exact) mass is 285 g/mol. The first-order valence-electron chi connectivity index (χ1n) is 6.66. The van der Waals surface area contributed by atoms with Gasteiger partial charge in [0.25, 0.3) is 0 Å². The van der Waals surface area contributed by atoms with Crippen LogP contribution in [0.5, 0.6) is 11.5 Å². The minimum absolute atomic E-state index is 0.294. The topological polar surface area (TPSA) is 72.5 Å². The molecule has 2 heterocycles. The number of hydrogen-bond donors (Lipinski definition) is 2. The number of carbonyl (C=O) groups is 1. The summed E-state index contributed by atoms with van der Waals surface area (Å²) in [5, 5.41) is 5.49. The van der Waals surface area contributed by atoms with Crippen LogP contribution in [0.15, 0.2) is 42.6 Å². The van der Waals surface area contributed by atoms with E-state index in [0.29, 0.717) is 36.9 Å². The number of urea groups is 1. The van der Waals surface area contributed by atoms with Crippen LogP contribution in [0.1, 0.15) is 5.69 Å². The summed E-state index contributed by atoms with van der Waals surface area (Å²) < 4.78 is 10.9. The second kappa shape index (κ2) is 6.13. The normalized spacial score (nSPS) is 12.6. The van der Waals surface area contributed by atoms with Crippen LogP contribution in [0.3, 0.4) is 0 Å². The van der Waals surface area contributed by atoms with Crippen molar-refractivity contribution in [3.63, 3.8) is 0 Å². The summed E-state index contributed by atoms with van der Waals surface area (Å²) in [6.07, 6.45) is 1.69. The molecule has 6 heteroatoms. The Morgan fingerprint density at radius 1 is 1.14 bits per heavy atom. The third-order valence-corrected chi connectivity index (χ3v) is 2.96. The molecule has 0 saturated carbocycles. The van der Waals surface area contributed by atoms with Crippen LogP contribution in [0.25, 0.3) is 0 Å². The molecule has 108 valence electrons. The van der Waals surface area contributed by atoms with Gasteiger partial charge in [-0.1, -0.05) is 6.07 Å². The van der Waals surface area contributed by atoms with Gasteiger partial charge in [-0.25, -0.2) is 4.79 Å². The molecule has 3 rings (SSSR count). The number of ether oxygens (including phenoxy) is 2. The summed E-state index contributed by atoms with van der Waals surface area (Å²) in [4.78, 5) is 16.0. The van der Waals surface area contributed by atoms with Gasteiger partial charge in [-0.05, 0) is 24.3 Å². The molecule has 1 aliphatic heterocycles. The summed E-state index contributed by atoms with van der Waals surface area (Å²) >= 11 is 0. The lowest BCUT2D eigenvalue weighted by molar-refractivity contribution is 0.171.